The first-order valence-corrected chi connectivity index (χ1v) is 19.3. The van der Waals surface area contributed by atoms with Crippen LogP contribution in [0.2, 0.25) is 0 Å². The second-order valence-electron chi connectivity index (χ2n) is 16.5. The van der Waals surface area contributed by atoms with Crippen molar-refractivity contribution in [2.75, 3.05) is 28.3 Å². The lowest BCUT2D eigenvalue weighted by Gasteiger charge is -2.49. The minimum absolute atomic E-state index is 0.128. The summed E-state index contributed by atoms with van der Waals surface area (Å²) in [6.45, 7) is 16.0. The zero-order valence-corrected chi connectivity index (χ0v) is 34.3. The summed E-state index contributed by atoms with van der Waals surface area (Å²) >= 11 is 0. The maximum absolute atomic E-state index is 14.3. The second kappa shape index (κ2) is 18.0. The first kappa shape index (κ1) is 44.6. The predicted octanol–water partition coefficient (Wildman–Crippen LogP) is 2.53. The van der Waals surface area contributed by atoms with E-state index in [1.54, 1.807) is 41.5 Å². The third-order valence-corrected chi connectivity index (χ3v) is 12.1. The summed E-state index contributed by atoms with van der Waals surface area (Å²) in [6, 6.07) is -0.983. The normalized spacial score (nSPS) is 47.1. The Morgan fingerprint density at radius 2 is 1.50 bits per heavy atom. The van der Waals surface area contributed by atoms with E-state index in [2.05, 4.69) is 5.32 Å². The number of aliphatic hydroxyl groups is 2. The molecule has 16 heteroatoms. The fraction of sp³-hybridized carbons (Fsp3) is 0.921. The number of ether oxygens (including phenoxy) is 9. The van der Waals surface area contributed by atoms with E-state index in [9.17, 15) is 24.6 Å². The number of carbonyl (C=O) groups excluding carboxylic acids is 3. The molecule has 3 N–H and O–H groups in total. The zero-order chi connectivity index (χ0) is 40.4. The van der Waals surface area contributed by atoms with E-state index in [-0.39, 0.29) is 37.3 Å². The minimum Gasteiger partial charge on any atom is -0.458 e. The van der Waals surface area contributed by atoms with Gasteiger partial charge in [-0.2, -0.15) is 0 Å². The van der Waals surface area contributed by atoms with Crippen LogP contribution in [0, 0.1) is 17.8 Å². The molecule has 0 aromatic rings. The fourth-order valence-electron chi connectivity index (χ4n) is 8.56. The summed E-state index contributed by atoms with van der Waals surface area (Å²) < 4.78 is 55.2. The lowest BCUT2D eigenvalue weighted by Crippen LogP contribution is -2.61. The molecule has 4 rings (SSSR count). The fourth-order valence-corrected chi connectivity index (χ4v) is 8.56. The number of likely N-dealkylation sites (N-methyl/N-ethyl adjacent to an activating group) is 1. The molecule has 0 spiro atoms. The SMILES string of the molecule is CC[C@H]1OC(=O)[C@H](C)[C@@H](O[C@@H]2C[C@](C)(OC)[C@@H](O)[C@@H](C)O2)[C@H](C)[C@H](O[C@@H]2O[C@H](C)C[C@@H](N(C)C)[C@H]2O)[C@](C)(OC)C[C@@H](C)C(=O)N[C@H](C)[C@@H]2OC(=O)O[C@@H]21. The van der Waals surface area contributed by atoms with Crippen molar-refractivity contribution < 1.29 is 67.2 Å². The van der Waals surface area contributed by atoms with Gasteiger partial charge in [0.25, 0.3) is 0 Å². The average Bonchev–Trinajstić information content (AvgIpc) is 3.51. The number of aliphatic hydroxyl groups excluding tert-OH is 2. The molecule has 4 fully saturated rings. The molecule has 4 saturated heterocycles. The molecular weight excluding hydrogens is 708 g/mol. The molecule has 0 unspecified atom stereocenters. The number of methoxy groups -OCH3 is 2. The van der Waals surface area contributed by atoms with Crippen molar-refractivity contribution in [1.29, 1.82) is 0 Å². The minimum atomic E-state index is -1.24. The Labute approximate surface area is 320 Å². The van der Waals surface area contributed by atoms with Crippen LogP contribution in [0.25, 0.3) is 0 Å². The van der Waals surface area contributed by atoms with Crippen molar-refractivity contribution in [3.05, 3.63) is 0 Å². The summed E-state index contributed by atoms with van der Waals surface area (Å²) in [5.41, 5.74) is -2.27. The molecule has 4 aliphatic rings. The van der Waals surface area contributed by atoms with Crippen LogP contribution in [0.1, 0.15) is 88.0 Å². The van der Waals surface area contributed by atoms with E-state index in [0.29, 0.717) is 6.42 Å². The van der Waals surface area contributed by atoms with Gasteiger partial charge in [0.2, 0.25) is 5.91 Å². The molecule has 0 saturated carbocycles. The van der Waals surface area contributed by atoms with Crippen molar-refractivity contribution >= 4 is 18.0 Å². The maximum atomic E-state index is 14.3. The quantitative estimate of drug-likeness (QED) is 0.305. The molecule has 0 aromatic heterocycles. The van der Waals surface area contributed by atoms with Gasteiger partial charge in [-0.05, 0) is 74.9 Å². The molecule has 0 radical (unpaired) electrons. The number of nitrogens with zero attached hydrogens (tertiary/aromatic N) is 1. The van der Waals surface area contributed by atoms with Crippen LogP contribution in [0.4, 0.5) is 4.79 Å². The Hall–Kier alpha value is -2.15. The van der Waals surface area contributed by atoms with E-state index < -0.39 is 109 Å². The number of fused-ring (bicyclic) bond motifs is 1. The molecule has 1 amide bonds. The number of carbonyl (C=O) groups is 3. The first-order valence-electron chi connectivity index (χ1n) is 19.3. The Kier molecular flexibility index (Phi) is 14.8. The Bertz CT molecular complexity index is 1290. The Balaban J connectivity index is 1.84. The van der Waals surface area contributed by atoms with Crippen LogP contribution < -0.4 is 5.32 Å². The summed E-state index contributed by atoms with van der Waals surface area (Å²) in [6.07, 6.45) is -9.62. The number of hydrogen-bond acceptors (Lipinski definition) is 15. The molecule has 18 atom stereocenters. The van der Waals surface area contributed by atoms with Gasteiger partial charge in [-0.3, -0.25) is 9.59 Å². The van der Waals surface area contributed by atoms with Gasteiger partial charge in [0.15, 0.2) is 24.8 Å². The topological polar surface area (TPSA) is 190 Å². The number of cyclic esters (lactones) is 1. The van der Waals surface area contributed by atoms with Gasteiger partial charge in [0.05, 0.1) is 47.6 Å². The number of rotatable bonds is 8. The zero-order valence-electron chi connectivity index (χ0n) is 34.3. The van der Waals surface area contributed by atoms with Crippen LogP contribution in [-0.2, 0) is 52.2 Å². The highest BCUT2D eigenvalue weighted by atomic mass is 16.8. The largest absolute Gasteiger partial charge is 0.509 e. The number of hydrogen-bond donors (Lipinski definition) is 3. The summed E-state index contributed by atoms with van der Waals surface area (Å²) in [5, 5.41) is 25.5. The molecule has 16 nitrogen and oxygen atoms in total. The van der Waals surface area contributed by atoms with E-state index in [1.165, 1.54) is 14.2 Å². The first-order chi connectivity index (χ1) is 25.2. The summed E-state index contributed by atoms with van der Waals surface area (Å²) in [7, 11) is 6.79. The number of nitrogens with one attached hydrogen (secondary N) is 1. The van der Waals surface area contributed by atoms with Crippen molar-refractivity contribution in [2.24, 2.45) is 17.8 Å². The van der Waals surface area contributed by atoms with Gasteiger partial charge in [0.1, 0.15) is 18.3 Å². The van der Waals surface area contributed by atoms with Crippen LogP contribution in [0.5, 0.6) is 0 Å². The molecule has 4 heterocycles. The van der Waals surface area contributed by atoms with Crippen molar-refractivity contribution in [3.8, 4) is 0 Å². The van der Waals surface area contributed by atoms with Crippen LogP contribution in [0.15, 0.2) is 0 Å². The standard InChI is InChI=1S/C38H66N2O14/c1-14-25-30-29(52-36(45)53-30)22(6)39-33(43)18(2)16-38(9,47-13)32(54-35-27(41)24(40(10)11)15-19(3)48-35)20(4)28(21(5)34(44)50-25)51-26-17-37(8,46-12)31(42)23(7)49-26/h18-32,35,41-42H,14-17H2,1-13H3,(H,39,43)/t18-,19-,20+,21-,22-,23-,24-,25-,26-,27-,28+,29+,30-,31+,32+,35+,37+,38-/m1/s1. The van der Waals surface area contributed by atoms with Crippen molar-refractivity contribution in [2.45, 2.75) is 179 Å². The predicted molar refractivity (Wildman–Crippen MR) is 193 cm³/mol. The monoisotopic (exact) mass is 774 g/mol. The highest BCUT2D eigenvalue weighted by molar-refractivity contribution is 5.79. The molecule has 0 aromatic carbocycles. The van der Waals surface area contributed by atoms with Crippen molar-refractivity contribution in [1.82, 2.24) is 10.2 Å². The molecule has 54 heavy (non-hydrogen) atoms. The van der Waals surface area contributed by atoms with Crippen LogP contribution in [-0.4, -0.2) is 152 Å². The molecular formula is C38H66N2O14. The van der Waals surface area contributed by atoms with Crippen LogP contribution in [0.3, 0.4) is 0 Å². The maximum Gasteiger partial charge on any atom is 0.509 e. The highest BCUT2D eigenvalue weighted by Crippen LogP contribution is 2.41. The summed E-state index contributed by atoms with van der Waals surface area (Å²) in [4.78, 5) is 42.5. The van der Waals surface area contributed by atoms with E-state index in [0.717, 1.165) is 0 Å². The third kappa shape index (κ3) is 9.51. The lowest BCUT2D eigenvalue weighted by molar-refractivity contribution is -0.319. The highest BCUT2D eigenvalue weighted by Gasteiger charge is 2.53. The molecule has 0 bridgehead atoms. The van der Waals surface area contributed by atoms with Crippen molar-refractivity contribution in [3.63, 3.8) is 0 Å². The molecule has 4 aliphatic heterocycles. The average molecular weight is 775 g/mol. The smallest absolute Gasteiger partial charge is 0.458 e. The third-order valence-electron chi connectivity index (χ3n) is 12.1. The molecule has 0 aliphatic carbocycles. The lowest BCUT2D eigenvalue weighted by atomic mass is 9.77. The van der Waals surface area contributed by atoms with Gasteiger partial charge in [-0.25, -0.2) is 4.79 Å². The van der Waals surface area contributed by atoms with Gasteiger partial charge >= 0.3 is 12.1 Å². The Morgan fingerprint density at radius 3 is 2.09 bits per heavy atom. The summed E-state index contributed by atoms with van der Waals surface area (Å²) in [5.74, 6) is -3.35. The molecule has 312 valence electrons. The van der Waals surface area contributed by atoms with Gasteiger partial charge in [-0.1, -0.05) is 20.8 Å². The number of esters is 1. The van der Waals surface area contributed by atoms with Gasteiger partial charge < -0.3 is 63.1 Å². The number of amides is 1. The van der Waals surface area contributed by atoms with Gasteiger partial charge in [-0.15, -0.1) is 0 Å². The van der Waals surface area contributed by atoms with E-state index in [1.807, 2.05) is 39.8 Å². The second-order valence-corrected chi connectivity index (χ2v) is 16.5. The van der Waals surface area contributed by atoms with Crippen LogP contribution >= 0.6 is 0 Å². The van der Waals surface area contributed by atoms with E-state index >= 15 is 0 Å². The van der Waals surface area contributed by atoms with Gasteiger partial charge in [0, 0.05) is 38.5 Å². The Morgan fingerprint density at radius 1 is 0.870 bits per heavy atom. The van der Waals surface area contributed by atoms with E-state index in [4.69, 9.17) is 42.6 Å².